The molecule has 0 aliphatic rings. The molecule has 1 amide bonds. The van der Waals surface area contributed by atoms with E-state index in [1.165, 1.54) is 7.05 Å². The van der Waals surface area contributed by atoms with Crippen molar-refractivity contribution >= 4 is 38.6 Å². The molecule has 0 spiro atoms. The Labute approximate surface area is 140 Å². The lowest BCUT2D eigenvalue weighted by atomic mass is 10.2. The van der Waals surface area contributed by atoms with Crippen molar-refractivity contribution in [2.24, 2.45) is 4.99 Å². The Morgan fingerprint density at radius 2 is 2.22 bits per heavy atom. The summed E-state index contributed by atoms with van der Waals surface area (Å²) in [6, 6.07) is 3.73. The van der Waals surface area contributed by atoms with Gasteiger partial charge in [-0.25, -0.2) is 8.42 Å². The molecule has 1 rings (SSSR count). The van der Waals surface area contributed by atoms with Crippen LogP contribution in [0, 0.1) is 0 Å². The number of aliphatic imine (C=N–C) groups is 1. The van der Waals surface area contributed by atoms with Crippen LogP contribution >= 0.6 is 11.6 Å². The zero-order valence-electron chi connectivity index (χ0n) is 12.9. The number of hydrogen-bond donors (Lipinski definition) is 1. The van der Waals surface area contributed by atoms with E-state index < -0.39 is 21.5 Å². The molecule has 0 atom stereocenters. The Hall–Kier alpha value is -1.99. The molecule has 0 saturated carbocycles. The van der Waals surface area contributed by atoms with Crippen LogP contribution in [0.2, 0.25) is 0 Å². The second kappa shape index (κ2) is 9.22. The molecule has 0 aromatic carbocycles. The molecule has 0 aliphatic heterocycles. The Balaban J connectivity index is 2.74. The molecule has 124 valence electrons. The first-order valence-electron chi connectivity index (χ1n) is 6.69. The first kappa shape index (κ1) is 19.1. The molecule has 0 fully saturated rings. The van der Waals surface area contributed by atoms with E-state index in [0.29, 0.717) is 6.42 Å². The number of nitrogens with zero attached hydrogens (tertiary/aromatic N) is 2. The smallest absolute Gasteiger partial charge is 0.239 e. The second-order valence-corrected chi connectivity index (χ2v) is 7.17. The van der Waals surface area contributed by atoms with Crippen molar-refractivity contribution in [1.82, 2.24) is 10.3 Å². The van der Waals surface area contributed by atoms with Crippen molar-refractivity contribution in [3.05, 3.63) is 47.9 Å². The molecule has 1 heterocycles. The van der Waals surface area contributed by atoms with E-state index in [1.807, 2.05) is 24.3 Å². The number of allylic oxidation sites excluding steroid dienone is 3. The van der Waals surface area contributed by atoms with Gasteiger partial charge in [0.2, 0.25) is 5.91 Å². The number of carbonyl (C=O) groups excluding carboxylic acids is 1. The van der Waals surface area contributed by atoms with E-state index >= 15 is 0 Å². The summed E-state index contributed by atoms with van der Waals surface area (Å²) in [5.74, 6) is -1.26. The highest BCUT2D eigenvalue weighted by Gasteiger charge is 2.13. The van der Waals surface area contributed by atoms with Crippen molar-refractivity contribution in [2.45, 2.75) is 6.42 Å². The first-order valence-corrected chi connectivity index (χ1v) is 9.12. The van der Waals surface area contributed by atoms with Crippen LogP contribution in [0.3, 0.4) is 0 Å². The van der Waals surface area contributed by atoms with Crippen molar-refractivity contribution < 1.29 is 13.2 Å². The minimum atomic E-state index is -3.41. The van der Waals surface area contributed by atoms with E-state index in [0.717, 1.165) is 11.8 Å². The largest absolute Gasteiger partial charge is 0.323 e. The molecule has 1 aromatic heterocycles. The average Bonchev–Trinajstić information content (AvgIpc) is 2.48. The minimum absolute atomic E-state index is 0.0987. The van der Waals surface area contributed by atoms with Gasteiger partial charge < -0.3 is 5.32 Å². The van der Waals surface area contributed by atoms with Crippen molar-refractivity contribution in [2.75, 3.05) is 19.1 Å². The predicted molar refractivity (Wildman–Crippen MR) is 93.0 cm³/mol. The van der Waals surface area contributed by atoms with Crippen molar-refractivity contribution in [3.63, 3.8) is 0 Å². The number of rotatable bonds is 7. The number of sulfone groups is 1. The summed E-state index contributed by atoms with van der Waals surface area (Å²) in [6.45, 7) is 0. The average molecular weight is 356 g/mol. The number of amides is 1. The Kier molecular flexibility index (Phi) is 7.64. The molecule has 8 heteroatoms. The highest BCUT2D eigenvalue weighted by molar-refractivity contribution is 7.91. The van der Waals surface area contributed by atoms with E-state index in [1.54, 1.807) is 18.5 Å². The third-order valence-electron chi connectivity index (χ3n) is 2.54. The lowest BCUT2D eigenvalue weighted by Gasteiger charge is -2.07. The van der Waals surface area contributed by atoms with Gasteiger partial charge in [0.1, 0.15) is 10.9 Å². The molecule has 1 aromatic rings. The number of halogens is 1. The fraction of sp³-hybridized carbons (Fsp3) is 0.267. The van der Waals surface area contributed by atoms with Crippen LogP contribution in [0.25, 0.3) is 6.08 Å². The maximum absolute atomic E-state index is 11.7. The van der Waals surface area contributed by atoms with Gasteiger partial charge in [-0.1, -0.05) is 35.9 Å². The normalized spacial score (nSPS) is 13.3. The summed E-state index contributed by atoms with van der Waals surface area (Å²) in [5, 5.41) is 2.56. The summed E-state index contributed by atoms with van der Waals surface area (Å²) in [4.78, 5) is 19.5. The lowest BCUT2D eigenvalue weighted by Crippen LogP contribution is -2.31. The van der Waals surface area contributed by atoms with Gasteiger partial charge in [0.05, 0.1) is 5.70 Å². The van der Waals surface area contributed by atoms with Gasteiger partial charge in [-0.3, -0.25) is 14.8 Å². The van der Waals surface area contributed by atoms with Gasteiger partial charge >= 0.3 is 0 Å². The van der Waals surface area contributed by atoms with Gasteiger partial charge in [-0.05, 0) is 18.1 Å². The Morgan fingerprint density at radius 3 is 2.78 bits per heavy atom. The van der Waals surface area contributed by atoms with E-state index in [9.17, 15) is 13.2 Å². The predicted octanol–water partition coefficient (Wildman–Crippen LogP) is 1.80. The van der Waals surface area contributed by atoms with Crippen LogP contribution in [0.4, 0.5) is 0 Å². The highest BCUT2D eigenvalue weighted by atomic mass is 35.5. The lowest BCUT2D eigenvalue weighted by molar-refractivity contribution is -0.117. The summed E-state index contributed by atoms with van der Waals surface area (Å²) < 4.78 is 22.2. The molecule has 0 radical (unpaired) electrons. The summed E-state index contributed by atoms with van der Waals surface area (Å²) in [5.41, 5.74) is 1.22. The fourth-order valence-corrected chi connectivity index (χ4v) is 2.27. The molecule has 0 aliphatic carbocycles. The third kappa shape index (κ3) is 8.27. The van der Waals surface area contributed by atoms with Gasteiger partial charge in [-0.2, -0.15) is 0 Å². The minimum Gasteiger partial charge on any atom is -0.323 e. The molecular weight excluding hydrogens is 338 g/mol. The number of hydrogen-bond acceptors (Lipinski definition) is 5. The molecule has 0 unspecified atom stereocenters. The molecule has 0 bridgehead atoms. The van der Waals surface area contributed by atoms with Gasteiger partial charge in [0.25, 0.3) is 0 Å². The topological polar surface area (TPSA) is 88.5 Å². The monoisotopic (exact) mass is 355 g/mol. The van der Waals surface area contributed by atoms with E-state index in [2.05, 4.69) is 15.3 Å². The SMILES string of the molecule is C/N=C(Cl)\C(=C/C/C=C/c1cccnc1)NC(=O)CS(C)(=O)=O. The molecule has 23 heavy (non-hydrogen) atoms. The van der Waals surface area contributed by atoms with Crippen LogP contribution in [0.5, 0.6) is 0 Å². The first-order chi connectivity index (χ1) is 10.8. The van der Waals surface area contributed by atoms with Crippen LogP contribution in [0.1, 0.15) is 12.0 Å². The quantitative estimate of drug-likeness (QED) is 0.755. The van der Waals surface area contributed by atoms with E-state index in [4.69, 9.17) is 11.6 Å². The summed E-state index contributed by atoms with van der Waals surface area (Å²) in [7, 11) is -1.93. The Morgan fingerprint density at radius 1 is 1.48 bits per heavy atom. The molecule has 1 N–H and O–H groups in total. The summed E-state index contributed by atoms with van der Waals surface area (Å²) in [6.07, 6.45) is 10.3. The van der Waals surface area contributed by atoms with Gasteiger partial charge in [-0.15, -0.1) is 0 Å². The second-order valence-electron chi connectivity index (χ2n) is 4.67. The number of pyridine rings is 1. The number of carbonyl (C=O) groups is 1. The maximum atomic E-state index is 11.7. The van der Waals surface area contributed by atoms with Crippen LogP contribution in [-0.2, 0) is 14.6 Å². The van der Waals surface area contributed by atoms with Gasteiger partial charge in [0, 0.05) is 25.7 Å². The van der Waals surface area contributed by atoms with Gasteiger partial charge in [0.15, 0.2) is 9.84 Å². The summed E-state index contributed by atoms with van der Waals surface area (Å²) >= 11 is 5.93. The Bertz CT molecular complexity index is 726. The fourth-order valence-electron chi connectivity index (χ4n) is 1.60. The van der Waals surface area contributed by atoms with Crippen molar-refractivity contribution in [3.8, 4) is 0 Å². The number of aromatic nitrogens is 1. The molecule has 0 saturated heterocycles. The zero-order valence-corrected chi connectivity index (χ0v) is 14.4. The molecule has 6 nitrogen and oxygen atoms in total. The zero-order chi connectivity index (χ0) is 17.3. The highest BCUT2D eigenvalue weighted by Crippen LogP contribution is 2.05. The van der Waals surface area contributed by atoms with E-state index in [-0.39, 0.29) is 10.9 Å². The van der Waals surface area contributed by atoms with Crippen LogP contribution in [-0.4, -0.2) is 43.5 Å². The third-order valence-corrected chi connectivity index (χ3v) is 3.70. The maximum Gasteiger partial charge on any atom is 0.239 e. The number of nitrogens with one attached hydrogen (secondary N) is 1. The van der Waals surface area contributed by atoms with Crippen molar-refractivity contribution in [1.29, 1.82) is 0 Å². The standard InChI is InChI=1S/C15H18ClN3O3S/c1-17-15(16)13(19-14(20)11-23(2,21)22)8-4-3-6-12-7-5-9-18-10-12/h3,5-10H,4,11H2,1-2H3,(H,19,20)/b6-3+,13-8+,17-15+. The van der Waals surface area contributed by atoms with Crippen LogP contribution in [0.15, 0.2) is 47.4 Å². The molecular formula is C15H18ClN3O3S. The van der Waals surface area contributed by atoms with Crippen LogP contribution < -0.4 is 5.32 Å².